The van der Waals surface area contributed by atoms with E-state index in [9.17, 15) is 14.3 Å². The fraction of sp³-hybridized carbons (Fsp3) is 0.190. The van der Waals surface area contributed by atoms with E-state index >= 15 is 0 Å². The summed E-state index contributed by atoms with van der Waals surface area (Å²) >= 11 is 0. The molecule has 0 unspecified atom stereocenters. The van der Waals surface area contributed by atoms with Crippen molar-refractivity contribution in [3.8, 4) is 11.5 Å². The fourth-order valence-electron chi connectivity index (χ4n) is 3.01. The number of ether oxygens (including phenoxy) is 1. The Morgan fingerprint density at radius 3 is 2.81 bits per heavy atom. The lowest BCUT2D eigenvalue weighted by Gasteiger charge is -2.09. The van der Waals surface area contributed by atoms with Gasteiger partial charge in [-0.3, -0.25) is 4.79 Å². The van der Waals surface area contributed by atoms with E-state index in [0.29, 0.717) is 24.4 Å². The van der Waals surface area contributed by atoms with Gasteiger partial charge in [-0.15, -0.1) is 0 Å². The lowest BCUT2D eigenvalue weighted by atomic mass is 10.2. The number of halogens is 1. The Morgan fingerprint density at radius 2 is 2.07 bits per heavy atom. The molecule has 27 heavy (non-hydrogen) atoms. The molecule has 0 aliphatic carbocycles. The number of aromatic hydroxyl groups is 1. The van der Waals surface area contributed by atoms with Crippen molar-refractivity contribution in [1.82, 2.24) is 9.88 Å². The van der Waals surface area contributed by atoms with Crippen molar-refractivity contribution >= 4 is 22.9 Å². The van der Waals surface area contributed by atoms with Crippen molar-refractivity contribution in [1.29, 1.82) is 0 Å². The van der Waals surface area contributed by atoms with Crippen LogP contribution in [0.3, 0.4) is 0 Å². The molecule has 1 heterocycles. The molecule has 2 N–H and O–H groups in total. The predicted octanol–water partition coefficient (Wildman–Crippen LogP) is 3.63. The van der Waals surface area contributed by atoms with Crippen LogP contribution in [-0.2, 0) is 11.3 Å². The van der Waals surface area contributed by atoms with Gasteiger partial charge < -0.3 is 19.7 Å². The molecule has 0 saturated heterocycles. The Balaban J connectivity index is 1.58. The third-order valence-corrected chi connectivity index (χ3v) is 4.34. The van der Waals surface area contributed by atoms with Crippen LogP contribution in [0.2, 0.25) is 0 Å². The highest BCUT2D eigenvalue weighted by Crippen LogP contribution is 2.26. The number of phenolic OH excluding ortho intramolecular Hbond substituents is 1. The fourth-order valence-corrected chi connectivity index (χ4v) is 3.01. The van der Waals surface area contributed by atoms with E-state index in [0.717, 1.165) is 16.6 Å². The van der Waals surface area contributed by atoms with E-state index in [-0.39, 0.29) is 17.5 Å². The minimum absolute atomic E-state index is 0.0199. The molecule has 0 radical (unpaired) electrons. The van der Waals surface area contributed by atoms with Crippen molar-refractivity contribution < 1.29 is 19.0 Å². The zero-order valence-corrected chi connectivity index (χ0v) is 15.2. The molecule has 0 aliphatic heterocycles. The van der Waals surface area contributed by atoms with Crippen LogP contribution in [0.1, 0.15) is 11.3 Å². The Hall–Kier alpha value is -3.28. The second-order valence-electron chi connectivity index (χ2n) is 6.20. The first-order chi connectivity index (χ1) is 13.0. The first kappa shape index (κ1) is 18.5. The number of nitrogens with zero attached hydrogens (tertiary/aromatic N) is 1. The molecule has 0 saturated carbocycles. The minimum Gasteiger partial charge on any atom is -0.504 e. The van der Waals surface area contributed by atoms with Crippen LogP contribution < -0.4 is 10.1 Å². The van der Waals surface area contributed by atoms with Crippen molar-refractivity contribution in [2.24, 2.45) is 0 Å². The minimum atomic E-state index is -0.261. The molecule has 3 aromatic rings. The smallest absolute Gasteiger partial charge is 0.244 e. The standard InChI is InChI=1S/C21H21FN2O3/c1-14-11-16-13-17(22)5-6-18(16)24(14)10-9-23-21(26)8-4-15-3-7-20(27-2)19(25)12-15/h3-8,11-13,25H,9-10H2,1-2H3,(H,23,26). The highest BCUT2D eigenvalue weighted by Gasteiger charge is 2.07. The van der Waals surface area contributed by atoms with Gasteiger partial charge in [0.2, 0.25) is 5.91 Å². The van der Waals surface area contributed by atoms with E-state index in [1.54, 1.807) is 24.3 Å². The Morgan fingerprint density at radius 1 is 1.26 bits per heavy atom. The maximum atomic E-state index is 13.3. The summed E-state index contributed by atoms with van der Waals surface area (Å²) in [6, 6.07) is 11.5. The maximum Gasteiger partial charge on any atom is 0.244 e. The molecular weight excluding hydrogens is 347 g/mol. The largest absolute Gasteiger partial charge is 0.504 e. The summed E-state index contributed by atoms with van der Waals surface area (Å²) in [5.41, 5.74) is 2.64. The number of fused-ring (bicyclic) bond motifs is 1. The summed E-state index contributed by atoms with van der Waals surface area (Å²) < 4.78 is 20.4. The van der Waals surface area contributed by atoms with Crippen LogP contribution in [0.25, 0.3) is 17.0 Å². The Bertz CT molecular complexity index is 1010. The number of hydrogen-bond donors (Lipinski definition) is 2. The molecule has 3 rings (SSSR count). The Labute approximate surface area is 156 Å². The number of rotatable bonds is 6. The maximum absolute atomic E-state index is 13.3. The van der Waals surface area contributed by atoms with Gasteiger partial charge in [0.15, 0.2) is 11.5 Å². The average Bonchev–Trinajstić information content (AvgIpc) is 2.94. The number of carbonyl (C=O) groups excluding carboxylic acids is 1. The van der Waals surface area contributed by atoms with E-state index < -0.39 is 0 Å². The van der Waals surface area contributed by atoms with Gasteiger partial charge in [-0.1, -0.05) is 6.07 Å². The number of amides is 1. The van der Waals surface area contributed by atoms with Gasteiger partial charge in [-0.2, -0.15) is 0 Å². The molecule has 1 aromatic heterocycles. The molecule has 0 fully saturated rings. The molecule has 0 atom stereocenters. The quantitative estimate of drug-likeness (QED) is 0.653. The molecule has 0 spiro atoms. The lowest BCUT2D eigenvalue weighted by molar-refractivity contribution is -0.116. The first-order valence-corrected chi connectivity index (χ1v) is 8.56. The van der Waals surface area contributed by atoms with Gasteiger partial charge in [0.1, 0.15) is 5.82 Å². The normalized spacial score (nSPS) is 11.2. The van der Waals surface area contributed by atoms with E-state index in [2.05, 4.69) is 5.32 Å². The van der Waals surface area contributed by atoms with Gasteiger partial charge in [0.05, 0.1) is 7.11 Å². The number of carbonyl (C=O) groups is 1. The average molecular weight is 368 g/mol. The lowest BCUT2D eigenvalue weighted by Crippen LogP contribution is -2.25. The third kappa shape index (κ3) is 4.28. The van der Waals surface area contributed by atoms with Crippen molar-refractivity contribution in [3.63, 3.8) is 0 Å². The van der Waals surface area contributed by atoms with Crippen molar-refractivity contribution in [2.75, 3.05) is 13.7 Å². The van der Waals surface area contributed by atoms with Crippen LogP contribution in [0, 0.1) is 12.7 Å². The van der Waals surface area contributed by atoms with E-state index in [1.165, 1.54) is 31.4 Å². The molecule has 0 bridgehead atoms. The summed E-state index contributed by atoms with van der Waals surface area (Å²) in [7, 11) is 1.48. The predicted molar refractivity (Wildman–Crippen MR) is 103 cm³/mol. The number of nitrogens with one attached hydrogen (secondary N) is 1. The van der Waals surface area contributed by atoms with E-state index in [1.807, 2.05) is 17.6 Å². The number of benzene rings is 2. The molecule has 2 aromatic carbocycles. The third-order valence-electron chi connectivity index (χ3n) is 4.34. The number of phenols is 1. The summed E-state index contributed by atoms with van der Waals surface area (Å²) in [4.78, 5) is 12.0. The van der Waals surface area contributed by atoms with Crippen LogP contribution >= 0.6 is 0 Å². The van der Waals surface area contributed by atoms with Gasteiger partial charge >= 0.3 is 0 Å². The molecule has 6 heteroatoms. The first-order valence-electron chi connectivity index (χ1n) is 8.56. The van der Waals surface area contributed by atoms with Crippen molar-refractivity contribution in [2.45, 2.75) is 13.5 Å². The van der Waals surface area contributed by atoms with Gasteiger partial charge in [0, 0.05) is 35.8 Å². The van der Waals surface area contributed by atoms with E-state index in [4.69, 9.17) is 4.74 Å². The molecule has 1 amide bonds. The van der Waals surface area contributed by atoms with Gasteiger partial charge in [-0.25, -0.2) is 4.39 Å². The SMILES string of the molecule is COc1ccc(C=CC(=O)NCCn2c(C)cc3cc(F)ccc32)cc1O. The summed E-state index contributed by atoms with van der Waals surface area (Å²) in [6.07, 6.45) is 3.03. The van der Waals surface area contributed by atoms with Crippen LogP contribution in [0.4, 0.5) is 4.39 Å². The number of methoxy groups -OCH3 is 1. The second-order valence-corrected chi connectivity index (χ2v) is 6.20. The van der Waals surface area contributed by atoms with Crippen LogP contribution in [0.5, 0.6) is 11.5 Å². The molecule has 0 aliphatic rings. The second kappa shape index (κ2) is 7.95. The number of aryl methyl sites for hydroxylation is 1. The van der Waals surface area contributed by atoms with Gasteiger partial charge in [0.25, 0.3) is 0 Å². The van der Waals surface area contributed by atoms with Crippen LogP contribution in [0.15, 0.2) is 48.5 Å². The topological polar surface area (TPSA) is 63.5 Å². The molecular formula is C21H21FN2O3. The molecule has 5 nitrogen and oxygen atoms in total. The zero-order valence-electron chi connectivity index (χ0n) is 15.2. The zero-order chi connectivity index (χ0) is 19.4. The highest BCUT2D eigenvalue weighted by molar-refractivity contribution is 5.91. The highest BCUT2D eigenvalue weighted by atomic mass is 19.1. The van der Waals surface area contributed by atoms with Gasteiger partial charge in [-0.05, 0) is 55.0 Å². The summed E-state index contributed by atoms with van der Waals surface area (Å²) in [5.74, 6) is -0.0922. The Kier molecular flexibility index (Phi) is 5.45. The van der Waals surface area contributed by atoms with Crippen LogP contribution in [-0.4, -0.2) is 29.2 Å². The summed E-state index contributed by atoms with van der Waals surface area (Å²) in [6.45, 7) is 2.98. The summed E-state index contributed by atoms with van der Waals surface area (Å²) in [5, 5.41) is 13.4. The number of hydrogen-bond acceptors (Lipinski definition) is 3. The molecule has 140 valence electrons. The number of aromatic nitrogens is 1. The monoisotopic (exact) mass is 368 g/mol. The van der Waals surface area contributed by atoms with Crippen molar-refractivity contribution in [3.05, 3.63) is 65.6 Å².